The average molecular weight is 645 g/mol. The number of aliphatic carboxylic acids is 3. The maximum atomic E-state index is 11.0. The van der Waals surface area contributed by atoms with E-state index in [0.717, 1.165) is 35.8 Å². The summed E-state index contributed by atoms with van der Waals surface area (Å²) in [6.07, 6.45) is 2.99. The van der Waals surface area contributed by atoms with Crippen LogP contribution in [0, 0.1) is 54.3 Å². The molecule has 2 aromatic rings. The van der Waals surface area contributed by atoms with Crippen LogP contribution in [0.25, 0.3) is 0 Å². The van der Waals surface area contributed by atoms with Crippen LogP contribution in [-0.2, 0) is 27.2 Å². The Morgan fingerprint density at radius 2 is 0.848 bits per heavy atom. The fourth-order valence-electron chi connectivity index (χ4n) is 4.12. The zero-order valence-electron chi connectivity index (χ0n) is 30.2. The standard InChI is InChI=1S/C13H18O2.C12H16O2.C8H16O2.C6H14.CH4/c1-9(2)12(13(14)15)8-11-6-4-10(3)5-7-11;1-9(2)11(12(13)14)8-10-6-4-3-5-7-10;1-4-5-7(6(2)3)8(9)10;1-5(2)6(3)4;/h4-7,9,12H,8H2,1-3H3,(H,14,15);3-7,9,11H,8H2,1-2H3,(H,13,14);6-7H,4-5H2,1-3H3,(H,9,10);5-6H,1-4H3;1H4/t12-;11-;7-;;/m111../s1. The molecule has 0 heterocycles. The van der Waals surface area contributed by atoms with Crippen molar-refractivity contribution in [2.24, 2.45) is 47.3 Å². The fourth-order valence-corrected chi connectivity index (χ4v) is 4.12. The Balaban J connectivity index is -0.000000557. The quantitative estimate of drug-likeness (QED) is 0.200. The van der Waals surface area contributed by atoms with Gasteiger partial charge in [-0.2, -0.15) is 0 Å². The van der Waals surface area contributed by atoms with Crippen LogP contribution in [0.3, 0.4) is 0 Å². The van der Waals surface area contributed by atoms with E-state index in [1.54, 1.807) is 0 Å². The summed E-state index contributed by atoms with van der Waals surface area (Å²) in [5.41, 5.74) is 3.39. The summed E-state index contributed by atoms with van der Waals surface area (Å²) in [5.74, 6) is -0.467. The summed E-state index contributed by atoms with van der Waals surface area (Å²) in [6, 6.07) is 17.8. The van der Waals surface area contributed by atoms with E-state index >= 15 is 0 Å². The van der Waals surface area contributed by atoms with E-state index in [9.17, 15) is 14.4 Å². The summed E-state index contributed by atoms with van der Waals surface area (Å²) in [7, 11) is 0. The molecule has 0 fully saturated rings. The Hall–Kier alpha value is -3.15. The number of carbonyl (C=O) groups is 3. The van der Waals surface area contributed by atoms with Gasteiger partial charge in [0.05, 0.1) is 17.8 Å². The van der Waals surface area contributed by atoms with Crippen LogP contribution in [0.1, 0.15) is 113 Å². The Kier molecular flexibility index (Phi) is 26.7. The Bertz CT molecular complexity index is 1050. The van der Waals surface area contributed by atoms with Gasteiger partial charge in [0.2, 0.25) is 0 Å². The van der Waals surface area contributed by atoms with Crippen molar-refractivity contribution in [1.82, 2.24) is 0 Å². The summed E-state index contributed by atoms with van der Waals surface area (Å²) >= 11 is 0. The highest BCUT2D eigenvalue weighted by Gasteiger charge is 2.22. The van der Waals surface area contributed by atoms with E-state index in [0.29, 0.717) is 12.8 Å². The van der Waals surface area contributed by atoms with Crippen molar-refractivity contribution in [3.8, 4) is 0 Å². The van der Waals surface area contributed by atoms with Gasteiger partial charge >= 0.3 is 17.9 Å². The SMILES string of the molecule is C.CC(C)C(C)C.CC(C)[C@@H](Cc1ccccc1)C(=O)O.CCC[C@@H](C(=O)O)C(C)C.Cc1ccc(C[C@@H](C(=O)O)C(C)C)cc1. The van der Waals surface area contributed by atoms with Crippen LogP contribution in [0.5, 0.6) is 0 Å². The van der Waals surface area contributed by atoms with Crippen molar-refractivity contribution in [3.05, 3.63) is 71.3 Å². The van der Waals surface area contributed by atoms with Crippen molar-refractivity contribution >= 4 is 17.9 Å². The molecule has 264 valence electrons. The third kappa shape index (κ3) is 22.4. The van der Waals surface area contributed by atoms with Crippen molar-refractivity contribution in [1.29, 1.82) is 0 Å². The summed E-state index contributed by atoms with van der Waals surface area (Å²) in [4.78, 5) is 32.5. The molecular formula is C40H68O6. The molecule has 0 aliphatic heterocycles. The molecule has 3 atom stereocenters. The van der Waals surface area contributed by atoms with E-state index in [1.807, 2.05) is 110 Å². The molecule has 0 amide bonds. The second-order valence-corrected chi connectivity index (χ2v) is 13.7. The number of benzene rings is 2. The second kappa shape index (κ2) is 26.0. The van der Waals surface area contributed by atoms with E-state index in [2.05, 4.69) is 27.7 Å². The van der Waals surface area contributed by atoms with Gasteiger partial charge in [0.25, 0.3) is 0 Å². The molecule has 0 radical (unpaired) electrons. The smallest absolute Gasteiger partial charge is 0.307 e. The largest absolute Gasteiger partial charge is 0.481 e. The minimum Gasteiger partial charge on any atom is -0.481 e. The molecule has 2 rings (SSSR count). The van der Waals surface area contributed by atoms with Gasteiger partial charge < -0.3 is 15.3 Å². The van der Waals surface area contributed by atoms with Gasteiger partial charge in [-0.25, -0.2) is 0 Å². The van der Waals surface area contributed by atoms with Crippen LogP contribution in [-0.4, -0.2) is 33.2 Å². The molecule has 6 heteroatoms. The highest BCUT2D eigenvalue weighted by Crippen LogP contribution is 2.19. The highest BCUT2D eigenvalue weighted by atomic mass is 16.4. The lowest BCUT2D eigenvalue weighted by Crippen LogP contribution is -2.22. The zero-order chi connectivity index (χ0) is 35.3. The number of carboxylic acid groups (broad SMARTS) is 3. The average Bonchev–Trinajstić information content (AvgIpc) is 2.94. The van der Waals surface area contributed by atoms with Crippen molar-refractivity contribution < 1.29 is 29.7 Å². The van der Waals surface area contributed by atoms with Crippen molar-refractivity contribution in [3.63, 3.8) is 0 Å². The molecule has 0 aliphatic carbocycles. The summed E-state index contributed by atoms with van der Waals surface area (Å²) in [6.45, 7) is 24.7. The first-order chi connectivity index (χ1) is 20.8. The maximum absolute atomic E-state index is 11.0. The van der Waals surface area contributed by atoms with Gasteiger partial charge in [-0.1, -0.05) is 150 Å². The molecule has 0 aliphatic rings. The highest BCUT2D eigenvalue weighted by molar-refractivity contribution is 5.71. The first kappa shape index (κ1) is 47.3. The van der Waals surface area contributed by atoms with Crippen molar-refractivity contribution in [2.75, 3.05) is 0 Å². The summed E-state index contributed by atoms with van der Waals surface area (Å²) < 4.78 is 0. The van der Waals surface area contributed by atoms with Gasteiger partial charge in [-0.15, -0.1) is 0 Å². The first-order valence-electron chi connectivity index (χ1n) is 16.6. The van der Waals surface area contributed by atoms with E-state index in [1.165, 1.54) is 5.56 Å². The first-order valence-corrected chi connectivity index (χ1v) is 16.6. The number of aryl methyl sites for hydroxylation is 1. The second-order valence-electron chi connectivity index (χ2n) is 13.7. The molecule has 0 saturated heterocycles. The molecule has 6 nitrogen and oxygen atoms in total. The van der Waals surface area contributed by atoms with Gasteiger partial charge in [-0.05, 0) is 66.9 Å². The predicted molar refractivity (Wildman–Crippen MR) is 194 cm³/mol. The van der Waals surface area contributed by atoms with Crippen LogP contribution in [0.2, 0.25) is 0 Å². The van der Waals surface area contributed by atoms with Gasteiger partial charge in [-0.3, -0.25) is 14.4 Å². The van der Waals surface area contributed by atoms with Gasteiger partial charge in [0, 0.05) is 0 Å². The molecule has 2 aromatic carbocycles. The van der Waals surface area contributed by atoms with Crippen LogP contribution in [0.15, 0.2) is 54.6 Å². The third-order valence-corrected chi connectivity index (χ3v) is 8.17. The minimum atomic E-state index is -0.705. The fraction of sp³-hybridized carbons (Fsp3) is 0.625. The Morgan fingerprint density at radius 1 is 0.522 bits per heavy atom. The van der Waals surface area contributed by atoms with Crippen LogP contribution < -0.4 is 0 Å². The Morgan fingerprint density at radius 3 is 1.09 bits per heavy atom. The number of rotatable bonds is 13. The molecule has 3 N–H and O–H groups in total. The molecule has 0 saturated carbocycles. The third-order valence-electron chi connectivity index (χ3n) is 8.17. The zero-order valence-corrected chi connectivity index (χ0v) is 30.2. The van der Waals surface area contributed by atoms with Crippen LogP contribution >= 0.6 is 0 Å². The predicted octanol–water partition coefficient (Wildman–Crippen LogP) is 10.6. The molecule has 46 heavy (non-hydrogen) atoms. The molecular weight excluding hydrogens is 576 g/mol. The topological polar surface area (TPSA) is 112 Å². The maximum Gasteiger partial charge on any atom is 0.307 e. The van der Waals surface area contributed by atoms with Gasteiger partial charge in [0.1, 0.15) is 0 Å². The van der Waals surface area contributed by atoms with E-state index in [4.69, 9.17) is 15.3 Å². The molecule has 0 unspecified atom stereocenters. The lowest BCUT2D eigenvalue weighted by Gasteiger charge is -2.16. The van der Waals surface area contributed by atoms with E-state index < -0.39 is 17.9 Å². The van der Waals surface area contributed by atoms with E-state index in [-0.39, 0.29) is 42.9 Å². The molecule has 0 aromatic heterocycles. The number of hydrogen-bond acceptors (Lipinski definition) is 3. The van der Waals surface area contributed by atoms with Gasteiger partial charge in [0.15, 0.2) is 0 Å². The monoisotopic (exact) mass is 645 g/mol. The summed E-state index contributed by atoms with van der Waals surface area (Å²) in [5, 5.41) is 26.7. The lowest BCUT2D eigenvalue weighted by atomic mass is 9.89. The number of carboxylic acids is 3. The normalized spacial score (nSPS) is 12.5. The molecule has 0 bridgehead atoms. The molecule has 0 spiro atoms. The Labute approximate surface area is 282 Å². The minimum absolute atomic E-state index is 0. The van der Waals surface area contributed by atoms with Crippen molar-refractivity contribution in [2.45, 2.75) is 116 Å². The lowest BCUT2D eigenvalue weighted by molar-refractivity contribution is -0.144. The van der Waals surface area contributed by atoms with Crippen LogP contribution in [0.4, 0.5) is 0 Å². The number of hydrogen-bond donors (Lipinski definition) is 3.